The first kappa shape index (κ1) is 67.3. The van der Waals surface area contributed by atoms with Gasteiger partial charge in [0.2, 0.25) is 0 Å². The summed E-state index contributed by atoms with van der Waals surface area (Å²) in [7, 11) is 0. The maximum absolute atomic E-state index is 12.9. The minimum Gasteiger partial charge on any atom is -0.462 e. The molecule has 0 aliphatic rings. The summed E-state index contributed by atoms with van der Waals surface area (Å²) in [5, 5.41) is 0. The summed E-state index contributed by atoms with van der Waals surface area (Å²) < 4.78 is 16.8. The number of carbonyl (C=O) groups excluding carboxylic acids is 3. The highest BCUT2D eigenvalue weighted by Crippen LogP contribution is 2.13. The van der Waals surface area contributed by atoms with Gasteiger partial charge in [0.25, 0.3) is 0 Å². The van der Waals surface area contributed by atoms with Crippen LogP contribution in [0.15, 0.2) is 146 Å². The molecule has 0 radical (unpaired) electrons. The Morgan fingerprint density at radius 3 is 1.03 bits per heavy atom. The molecule has 0 aromatic carbocycles. The van der Waals surface area contributed by atoms with Crippen LogP contribution in [0.2, 0.25) is 0 Å². The molecule has 1 unspecified atom stereocenters. The molecule has 0 N–H and O–H groups in total. The smallest absolute Gasteiger partial charge is 0.306 e. The van der Waals surface area contributed by atoms with Crippen molar-refractivity contribution >= 4 is 17.9 Å². The second-order valence-electron chi connectivity index (χ2n) is 18.5. The van der Waals surface area contributed by atoms with Gasteiger partial charge in [-0.1, -0.05) is 237 Å². The van der Waals surface area contributed by atoms with Gasteiger partial charge in [-0.15, -0.1) is 0 Å². The van der Waals surface area contributed by atoms with Gasteiger partial charge >= 0.3 is 17.9 Å². The lowest BCUT2D eigenvalue weighted by molar-refractivity contribution is -0.166. The lowest BCUT2D eigenvalue weighted by Gasteiger charge is -2.18. The number of carbonyl (C=O) groups is 3. The molecule has 0 spiro atoms. The van der Waals surface area contributed by atoms with E-state index in [9.17, 15) is 14.4 Å². The third-order valence-electron chi connectivity index (χ3n) is 11.6. The van der Waals surface area contributed by atoms with Crippen molar-refractivity contribution in [3.63, 3.8) is 0 Å². The summed E-state index contributed by atoms with van der Waals surface area (Å²) in [5.74, 6) is -1.06. The van der Waals surface area contributed by atoms with Crippen molar-refractivity contribution in [2.45, 2.75) is 239 Å². The Balaban J connectivity index is 4.60. The maximum Gasteiger partial charge on any atom is 0.306 e. The molecule has 0 saturated heterocycles. The molecule has 404 valence electrons. The topological polar surface area (TPSA) is 78.9 Å². The molecule has 6 heteroatoms. The molecule has 0 fully saturated rings. The molecule has 0 aliphatic carbocycles. The second-order valence-corrected chi connectivity index (χ2v) is 18.5. The SMILES string of the molecule is CC/C=C\C/C=C\C/C=C\C/C=C\C/C=C\C/C=C\CCC(=O)OCC(COC(=O)CCCCC/C=C\C=C/CCCCCCCCC)OC(=O)CCCCCCCC/C=C\C/C=C\C/C=C\C/C=C\CC. The third kappa shape index (κ3) is 56.2. The van der Waals surface area contributed by atoms with Crippen molar-refractivity contribution < 1.29 is 28.6 Å². The summed E-state index contributed by atoms with van der Waals surface area (Å²) in [5.41, 5.74) is 0. The minimum absolute atomic E-state index is 0.127. The number of ether oxygens (including phenoxy) is 3. The highest BCUT2D eigenvalue weighted by Gasteiger charge is 2.19. The fourth-order valence-corrected chi connectivity index (χ4v) is 7.33. The molecule has 0 heterocycles. The minimum atomic E-state index is -0.835. The van der Waals surface area contributed by atoms with E-state index in [2.05, 4.69) is 154 Å². The van der Waals surface area contributed by atoms with Crippen molar-refractivity contribution in [3.8, 4) is 0 Å². The molecule has 0 amide bonds. The van der Waals surface area contributed by atoms with Crippen LogP contribution in [0.5, 0.6) is 0 Å². The first-order valence-electron chi connectivity index (χ1n) is 28.9. The fraction of sp³-hybridized carbons (Fsp3) is 0.591. The zero-order chi connectivity index (χ0) is 52.2. The van der Waals surface area contributed by atoms with Gasteiger partial charge in [0.1, 0.15) is 13.2 Å². The predicted molar refractivity (Wildman–Crippen MR) is 311 cm³/mol. The Morgan fingerprint density at radius 1 is 0.306 bits per heavy atom. The van der Waals surface area contributed by atoms with Gasteiger partial charge in [0, 0.05) is 19.3 Å². The van der Waals surface area contributed by atoms with Crippen LogP contribution in [0.25, 0.3) is 0 Å². The number of unbranched alkanes of at least 4 members (excludes halogenated alkanes) is 16. The largest absolute Gasteiger partial charge is 0.462 e. The molecule has 0 rings (SSSR count). The predicted octanol–water partition coefficient (Wildman–Crippen LogP) is 19.6. The van der Waals surface area contributed by atoms with Crippen LogP contribution in [-0.4, -0.2) is 37.2 Å². The summed E-state index contributed by atoms with van der Waals surface area (Å²) in [6.45, 7) is 6.30. The average Bonchev–Trinajstić information content (AvgIpc) is 3.38. The van der Waals surface area contributed by atoms with Crippen LogP contribution in [-0.2, 0) is 28.6 Å². The van der Waals surface area contributed by atoms with Crippen molar-refractivity contribution in [2.75, 3.05) is 13.2 Å². The molecule has 0 aromatic heterocycles. The fourth-order valence-electron chi connectivity index (χ4n) is 7.33. The van der Waals surface area contributed by atoms with E-state index in [4.69, 9.17) is 14.2 Å². The van der Waals surface area contributed by atoms with E-state index in [1.54, 1.807) is 0 Å². The molecule has 0 saturated carbocycles. The number of hydrogen-bond acceptors (Lipinski definition) is 6. The number of esters is 3. The van der Waals surface area contributed by atoms with E-state index < -0.39 is 6.10 Å². The highest BCUT2D eigenvalue weighted by molar-refractivity contribution is 5.71. The van der Waals surface area contributed by atoms with Crippen molar-refractivity contribution in [1.82, 2.24) is 0 Å². The number of rotatable bonds is 50. The van der Waals surface area contributed by atoms with Gasteiger partial charge in [-0.25, -0.2) is 0 Å². The molecule has 1 atom stereocenters. The van der Waals surface area contributed by atoms with E-state index in [0.29, 0.717) is 12.8 Å². The van der Waals surface area contributed by atoms with Crippen LogP contribution >= 0.6 is 0 Å². The summed E-state index contributed by atoms with van der Waals surface area (Å²) in [4.78, 5) is 38.2. The number of hydrogen-bond donors (Lipinski definition) is 0. The molecule has 6 nitrogen and oxygen atoms in total. The Bertz CT molecular complexity index is 1610. The zero-order valence-electron chi connectivity index (χ0n) is 46.1. The highest BCUT2D eigenvalue weighted by atomic mass is 16.6. The Labute approximate surface area is 442 Å². The lowest BCUT2D eigenvalue weighted by Crippen LogP contribution is -2.30. The Hall–Kier alpha value is -4.71. The molecule has 0 aliphatic heterocycles. The number of allylic oxidation sites excluding steroid dienone is 24. The molecule has 0 aromatic rings. The van der Waals surface area contributed by atoms with E-state index in [1.807, 2.05) is 12.2 Å². The molecular formula is C66H104O6. The van der Waals surface area contributed by atoms with E-state index in [-0.39, 0.29) is 44.0 Å². The van der Waals surface area contributed by atoms with Crippen LogP contribution in [0.3, 0.4) is 0 Å². The second kappa shape index (κ2) is 58.9. The van der Waals surface area contributed by atoms with Gasteiger partial charge in [-0.05, 0) is 122 Å². The molecular weight excluding hydrogens is 889 g/mol. The summed E-state index contributed by atoms with van der Waals surface area (Å²) in [6.07, 6.45) is 84.2. The Morgan fingerprint density at radius 2 is 0.611 bits per heavy atom. The van der Waals surface area contributed by atoms with Crippen LogP contribution < -0.4 is 0 Å². The van der Waals surface area contributed by atoms with Crippen LogP contribution in [0, 0.1) is 0 Å². The van der Waals surface area contributed by atoms with E-state index in [0.717, 1.165) is 128 Å². The first-order valence-corrected chi connectivity index (χ1v) is 28.9. The van der Waals surface area contributed by atoms with Gasteiger partial charge < -0.3 is 14.2 Å². The van der Waals surface area contributed by atoms with Gasteiger partial charge in [-0.3, -0.25) is 14.4 Å². The molecule has 72 heavy (non-hydrogen) atoms. The van der Waals surface area contributed by atoms with Crippen molar-refractivity contribution in [1.29, 1.82) is 0 Å². The maximum atomic E-state index is 12.9. The Kier molecular flexibility index (Phi) is 55.0. The van der Waals surface area contributed by atoms with E-state index in [1.165, 1.54) is 57.8 Å². The first-order chi connectivity index (χ1) is 35.5. The van der Waals surface area contributed by atoms with Crippen molar-refractivity contribution in [2.24, 2.45) is 0 Å². The zero-order valence-corrected chi connectivity index (χ0v) is 46.1. The summed E-state index contributed by atoms with van der Waals surface area (Å²) in [6, 6.07) is 0. The van der Waals surface area contributed by atoms with Crippen LogP contribution in [0.1, 0.15) is 233 Å². The average molecular weight is 994 g/mol. The molecule has 0 bridgehead atoms. The van der Waals surface area contributed by atoms with Gasteiger partial charge in [-0.2, -0.15) is 0 Å². The van der Waals surface area contributed by atoms with Crippen LogP contribution in [0.4, 0.5) is 0 Å². The normalized spacial score (nSPS) is 13.2. The quantitative estimate of drug-likeness (QED) is 0.0199. The monoisotopic (exact) mass is 993 g/mol. The van der Waals surface area contributed by atoms with Gasteiger partial charge in [0.05, 0.1) is 0 Å². The van der Waals surface area contributed by atoms with Crippen molar-refractivity contribution in [3.05, 3.63) is 146 Å². The lowest BCUT2D eigenvalue weighted by atomic mass is 10.1. The summed E-state index contributed by atoms with van der Waals surface area (Å²) >= 11 is 0. The standard InChI is InChI=1S/C66H104O6/c1-4-7-10-13-16-19-22-25-28-31-33-35-38-41-44-47-50-53-56-59-65(68)71-62-63(61-70-64(67)58-55-52-49-46-43-40-37-30-27-24-21-18-15-12-9-6-3)72-66(69)60-57-54-51-48-45-42-39-36-34-32-29-26-23-20-17-14-11-8-5-2/h7-8,10-11,16-17,19-20,25-26,28-30,33-37,40-41,43-44,50,53,63H,4-6,9,12-15,18,21-24,27,31-32,38-39,42,45-49,51-52,54-62H2,1-3H3/b10-7-,11-8-,19-16-,20-17-,28-25-,29-26-,35-33-,36-34-,37-30-,43-40-,44-41-,53-50-. The van der Waals surface area contributed by atoms with Gasteiger partial charge in [0.15, 0.2) is 6.10 Å². The third-order valence-corrected chi connectivity index (χ3v) is 11.6. The van der Waals surface area contributed by atoms with E-state index >= 15 is 0 Å².